The molecule has 0 aromatic heterocycles. The molecule has 1 heterocycles. The maximum Gasteiger partial charge on any atom is 0.340 e. The highest BCUT2D eigenvalue weighted by Gasteiger charge is 2.27. The molecule has 1 fully saturated rings. The summed E-state index contributed by atoms with van der Waals surface area (Å²) < 4.78 is 32.9. The molecule has 0 atom stereocenters. The molecule has 7 nitrogen and oxygen atoms in total. The number of carbonyl (C=O) groups is 2. The number of anilines is 1. The fourth-order valence-corrected chi connectivity index (χ4v) is 5.77. The molecule has 3 rings (SSSR count). The molecule has 0 bridgehead atoms. The van der Waals surface area contributed by atoms with Gasteiger partial charge in [-0.15, -0.1) is 0 Å². The summed E-state index contributed by atoms with van der Waals surface area (Å²) in [7, 11) is -3.75. The zero-order chi connectivity index (χ0) is 24.9. The number of ketones is 1. The van der Waals surface area contributed by atoms with Crippen LogP contribution >= 0.6 is 0 Å². The molecule has 34 heavy (non-hydrogen) atoms. The highest BCUT2D eigenvalue weighted by Crippen LogP contribution is 2.29. The number of hydrogen-bond donors (Lipinski definition) is 0. The number of nitrogens with zero attached hydrogens (tertiary/aromatic N) is 2. The average molecular weight is 487 g/mol. The van der Waals surface area contributed by atoms with E-state index in [4.69, 9.17) is 4.74 Å². The zero-order valence-corrected chi connectivity index (χ0v) is 21.3. The van der Waals surface area contributed by atoms with Crippen LogP contribution in [-0.4, -0.2) is 57.3 Å². The van der Waals surface area contributed by atoms with E-state index in [-0.39, 0.29) is 16.2 Å². The quantitative estimate of drug-likeness (QED) is 0.387. The molecular formula is C26H34N2O5S. The van der Waals surface area contributed by atoms with E-state index in [0.29, 0.717) is 24.3 Å². The third-order valence-electron chi connectivity index (χ3n) is 6.26. The molecule has 2 aromatic carbocycles. The highest BCUT2D eigenvalue weighted by atomic mass is 32.2. The second-order valence-corrected chi connectivity index (χ2v) is 10.6. The normalized spacial score (nSPS) is 14.3. The van der Waals surface area contributed by atoms with Gasteiger partial charge in [0.15, 0.2) is 6.61 Å². The van der Waals surface area contributed by atoms with E-state index in [1.54, 1.807) is 32.0 Å². The van der Waals surface area contributed by atoms with Crippen molar-refractivity contribution in [1.29, 1.82) is 0 Å². The molecule has 0 N–H and O–H groups in total. The van der Waals surface area contributed by atoms with E-state index in [2.05, 4.69) is 4.90 Å². The van der Waals surface area contributed by atoms with Gasteiger partial charge in [0.1, 0.15) is 0 Å². The van der Waals surface area contributed by atoms with E-state index < -0.39 is 22.6 Å². The largest absolute Gasteiger partial charge is 0.454 e. The second-order valence-electron chi connectivity index (χ2n) is 8.63. The van der Waals surface area contributed by atoms with Crippen LogP contribution in [0.2, 0.25) is 0 Å². The van der Waals surface area contributed by atoms with Crippen molar-refractivity contribution in [2.24, 2.45) is 0 Å². The van der Waals surface area contributed by atoms with Gasteiger partial charge in [0, 0.05) is 31.7 Å². The molecule has 1 saturated heterocycles. The number of benzene rings is 2. The summed E-state index contributed by atoms with van der Waals surface area (Å²) in [6, 6.07) is 10.2. The van der Waals surface area contributed by atoms with E-state index in [0.717, 1.165) is 43.5 Å². The summed E-state index contributed by atoms with van der Waals surface area (Å²) in [4.78, 5) is 28.0. The number of carbonyl (C=O) groups excluding carboxylic acids is 2. The Bertz CT molecular complexity index is 1150. The van der Waals surface area contributed by atoms with Crippen molar-refractivity contribution >= 4 is 27.5 Å². The van der Waals surface area contributed by atoms with Gasteiger partial charge in [0.25, 0.3) is 0 Å². The molecule has 1 aliphatic heterocycles. The topological polar surface area (TPSA) is 84.0 Å². The van der Waals surface area contributed by atoms with Gasteiger partial charge < -0.3 is 9.64 Å². The van der Waals surface area contributed by atoms with Crippen molar-refractivity contribution in [1.82, 2.24) is 4.31 Å². The van der Waals surface area contributed by atoms with Crippen LogP contribution in [0.1, 0.15) is 65.0 Å². The minimum atomic E-state index is -3.75. The highest BCUT2D eigenvalue weighted by molar-refractivity contribution is 7.89. The van der Waals surface area contributed by atoms with Crippen molar-refractivity contribution in [2.75, 3.05) is 37.7 Å². The lowest BCUT2D eigenvalue weighted by Gasteiger charge is -2.30. The SMILES string of the molecule is CCN(CC)S(=O)(=O)c1ccc(N2CCCCC2)c(C(=O)OCC(=O)c2cc(C)ccc2C)c1. The monoisotopic (exact) mass is 486 g/mol. The van der Waals surface area contributed by atoms with Crippen LogP contribution in [0.25, 0.3) is 0 Å². The van der Waals surface area contributed by atoms with E-state index >= 15 is 0 Å². The molecule has 8 heteroatoms. The first-order chi connectivity index (χ1) is 16.2. The summed E-state index contributed by atoms with van der Waals surface area (Å²) in [5.74, 6) is -0.989. The van der Waals surface area contributed by atoms with Crippen LogP contribution in [-0.2, 0) is 14.8 Å². The van der Waals surface area contributed by atoms with Gasteiger partial charge in [-0.25, -0.2) is 13.2 Å². The first kappa shape index (κ1) is 25.9. The van der Waals surface area contributed by atoms with Crippen molar-refractivity contribution in [3.8, 4) is 0 Å². The standard InChI is InChI=1S/C26H34N2O5S/c1-5-28(6-2)34(31,32)21-12-13-24(27-14-8-7-9-15-27)23(17-21)26(30)33-18-25(29)22-16-19(3)10-11-20(22)4/h10-13,16-17H,5-9,14-15,18H2,1-4H3. The predicted octanol–water partition coefficient (Wildman–Crippen LogP) is 4.36. The van der Waals surface area contributed by atoms with Crippen LogP contribution in [0.15, 0.2) is 41.3 Å². The van der Waals surface area contributed by atoms with Crippen LogP contribution in [0.5, 0.6) is 0 Å². The number of ether oxygens (including phenoxy) is 1. The van der Waals surface area contributed by atoms with Crippen LogP contribution in [0, 0.1) is 13.8 Å². The minimum Gasteiger partial charge on any atom is -0.454 e. The Hall–Kier alpha value is -2.71. The molecule has 1 aliphatic rings. The summed E-state index contributed by atoms with van der Waals surface area (Å²) >= 11 is 0. The van der Waals surface area contributed by atoms with Gasteiger partial charge in [0.2, 0.25) is 15.8 Å². The van der Waals surface area contributed by atoms with Gasteiger partial charge in [-0.3, -0.25) is 4.79 Å². The molecule has 2 aromatic rings. The Balaban J connectivity index is 1.92. The van der Waals surface area contributed by atoms with E-state index in [1.165, 1.54) is 10.4 Å². The number of hydrogen-bond acceptors (Lipinski definition) is 6. The fourth-order valence-electron chi connectivity index (χ4n) is 4.29. The van der Waals surface area contributed by atoms with Crippen LogP contribution in [0.4, 0.5) is 5.69 Å². The Kier molecular flexibility index (Phi) is 8.49. The molecular weight excluding hydrogens is 452 g/mol. The molecule has 0 spiro atoms. The van der Waals surface area contributed by atoms with Gasteiger partial charge in [-0.05, 0) is 62.9 Å². The lowest BCUT2D eigenvalue weighted by atomic mass is 10.0. The summed E-state index contributed by atoms with van der Waals surface area (Å²) in [5.41, 5.74) is 3.09. The molecule has 0 unspecified atom stereocenters. The van der Waals surface area contributed by atoms with Crippen molar-refractivity contribution in [3.05, 3.63) is 58.7 Å². The molecule has 0 saturated carbocycles. The number of sulfonamides is 1. The molecule has 0 amide bonds. The van der Waals surface area contributed by atoms with Crippen LogP contribution in [0.3, 0.4) is 0 Å². The first-order valence-corrected chi connectivity index (χ1v) is 13.3. The van der Waals surface area contributed by atoms with Gasteiger partial charge in [0.05, 0.1) is 16.1 Å². The van der Waals surface area contributed by atoms with Gasteiger partial charge in [-0.2, -0.15) is 4.31 Å². The Morgan fingerprint density at radius 1 is 0.941 bits per heavy atom. The average Bonchev–Trinajstić information content (AvgIpc) is 2.84. The lowest BCUT2D eigenvalue weighted by Crippen LogP contribution is -2.32. The van der Waals surface area contributed by atoms with E-state index in [9.17, 15) is 18.0 Å². The summed E-state index contributed by atoms with van der Waals surface area (Å²) in [5, 5.41) is 0. The Morgan fingerprint density at radius 3 is 2.26 bits per heavy atom. The number of rotatable bonds is 9. The number of piperidine rings is 1. The third-order valence-corrected chi connectivity index (χ3v) is 8.30. The van der Waals surface area contributed by atoms with Crippen molar-refractivity contribution in [2.45, 2.75) is 51.9 Å². The summed E-state index contributed by atoms with van der Waals surface area (Å²) in [6.07, 6.45) is 3.12. The number of aryl methyl sites for hydroxylation is 2. The molecule has 0 aliphatic carbocycles. The molecule has 184 valence electrons. The smallest absolute Gasteiger partial charge is 0.340 e. The van der Waals surface area contributed by atoms with Crippen LogP contribution < -0.4 is 4.90 Å². The Morgan fingerprint density at radius 2 is 1.62 bits per heavy atom. The van der Waals surface area contributed by atoms with Gasteiger partial charge in [-0.1, -0.05) is 31.5 Å². The maximum atomic E-state index is 13.2. The van der Waals surface area contributed by atoms with Crippen molar-refractivity contribution in [3.63, 3.8) is 0 Å². The second kappa shape index (κ2) is 11.1. The first-order valence-electron chi connectivity index (χ1n) is 11.9. The lowest BCUT2D eigenvalue weighted by molar-refractivity contribution is 0.0475. The van der Waals surface area contributed by atoms with Gasteiger partial charge >= 0.3 is 5.97 Å². The number of esters is 1. The minimum absolute atomic E-state index is 0.0461. The third kappa shape index (κ3) is 5.67. The zero-order valence-electron chi connectivity index (χ0n) is 20.5. The van der Waals surface area contributed by atoms with E-state index in [1.807, 2.05) is 26.0 Å². The van der Waals surface area contributed by atoms with Crippen molar-refractivity contribution < 1.29 is 22.7 Å². The summed E-state index contributed by atoms with van der Waals surface area (Å²) in [6.45, 7) is 9.10. The Labute approximate surface area is 202 Å². The predicted molar refractivity (Wildman–Crippen MR) is 133 cm³/mol. The number of Topliss-reactive ketones (excluding diaryl/α,β-unsaturated/α-hetero) is 1. The molecule has 0 radical (unpaired) electrons. The fraction of sp³-hybridized carbons (Fsp3) is 0.462. The maximum absolute atomic E-state index is 13.2.